The Bertz CT molecular complexity index is 852. The van der Waals surface area contributed by atoms with E-state index in [9.17, 15) is 36.3 Å². The van der Waals surface area contributed by atoms with Crippen molar-refractivity contribution < 1.29 is 41.1 Å². The van der Waals surface area contributed by atoms with Crippen LogP contribution in [0.2, 0.25) is 0 Å². The van der Waals surface area contributed by atoms with Crippen LogP contribution in [0.25, 0.3) is 0 Å². The lowest BCUT2D eigenvalue weighted by atomic mass is 9.84. The van der Waals surface area contributed by atoms with Crippen molar-refractivity contribution in [3.05, 3.63) is 28.8 Å². The SMILES string of the molecule is COC(=O)CCCNC(=O)CN1C(=O)C(C)(C)c2c(F)c(C(F)(F)F)cc(F)c21. The minimum absolute atomic E-state index is 0.0237. The molecule has 6 nitrogen and oxygen atoms in total. The Morgan fingerprint density at radius 1 is 1.24 bits per heavy atom. The van der Waals surface area contributed by atoms with Gasteiger partial charge in [-0.25, -0.2) is 8.78 Å². The molecule has 0 aliphatic carbocycles. The third kappa shape index (κ3) is 4.33. The van der Waals surface area contributed by atoms with Gasteiger partial charge < -0.3 is 10.1 Å². The van der Waals surface area contributed by atoms with Crippen LogP contribution in [0.4, 0.5) is 27.6 Å². The molecular weight excluding hydrogens is 403 g/mol. The smallest absolute Gasteiger partial charge is 0.419 e. The molecule has 0 radical (unpaired) electrons. The Labute approximate surface area is 163 Å². The molecule has 0 saturated heterocycles. The van der Waals surface area contributed by atoms with Crippen LogP contribution in [-0.2, 0) is 30.7 Å². The van der Waals surface area contributed by atoms with Crippen LogP contribution >= 0.6 is 0 Å². The normalized spacial score (nSPS) is 15.3. The fourth-order valence-corrected chi connectivity index (χ4v) is 3.12. The topological polar surface area (TPSA) is 75.7 Å². The number of fused-ring (bicyclic) bond motifs is 1. The van der Waals surface area contributed by atoms with Gasteiger partial charge in [-0.2, -0.15) is 13.2 Å². The summed E-state index contributed by atoms with van der Waals surface area (Å²) in [4.78, 5) is 36.3. The Kier molecular flexibility index (Phi) is 6.19. The number of halogens is 5. The number of hydrogen-bond donors (Lipinski definition) is 1. The summed E-state index contributed by atoms with van der Waals surface area (Å²) < 4.78 is 72.5. The zero-order chi connectivity index (χ0) is 22.1. The van der Waals surface area contributed by atoms with Gasteiger partial charge in [0.1, 0.15) is 18.2 Å². The van der Waals surface area contributed by atoms with Gasteiger partial charge in [-0.15, -0.1) is 0 Å². The van der Waals surface area contributed by atoms with Crippen LogP contribution in [0.1, 0.15) is 37.8 Å². The second kappa shape index (κ2) is 7.96. The molecule has 1 aliphatic heterocycles. The fourth-order valence-electron chi connectivity index (χ4n) is 3.12. The number of benzene rings is 1. The summed E-state index contributed by atoms with van der Waals surface area (Å²) >= 11 is 0. The average molecular weight is 422 g/mol. The molecule has 0 saturated carbocycles. The summed E-state index contributed by atoms with van der Waals surface area (Å²) in [6, 6.07) is -0.0237. The predicted molar refractivity (Wildman–Crippen MR) is 91.0 cm³/mol. The third-order valence-corrected chi connectivity index (χ3v) is 4.58. The molecule has 0 aromatic heterocycles. The fraction of sp³-hybridized carbons (Fsp3) is 0.500. The highest BCUT2D eigenvalue weighted by Gasteiger charge is 2.51. The molecule has 0 unspecified atom stereocenters. The van der Waals surface area contributed by atoms with E-state index in [1.54, 1.807) is 0 Å². The molecule has 1 N–H and O–H groups in total. The number of rotatable bonds is 6. The van der Waals surface area contributed by atoms with Crippen molar-refractivity contribution in [2.75, 3.05) is 25.1 Å². The highest BCUT2D eigenvalue weighted by molar-refractivity contribution is 6.10. The molecule has 1 heterocycles. The number of alkyl halides is 3. The van der Waals surface area contributed by atoms with Crippen molar-refractivity contribution in [3.63, 3.8) is 0 Å². The number of esters is 1. The van der Waals surface area contributed by atoms with Crippen molar-refractivity contribution in [2.45, 2.75) is 38.3 Å². The van der Waals surface area contributed by atoms with E-state index in [1.165, 1.54) is 7.11 Å². The summed E-state index contributed by atoms with van der Waals surface area (Å²) in [6.45, 7) is 1.65. The average Bonchev–Trinajstić information content (AvgIpc) is 2.81. The van der Waals surface area contributed by atoms with E-state index in [1.807, 2.05) is 0 Å². The van der Waals surface area contributed by atoms with Gasteiger partial charge in [0.05, 0.1) is 23.8 Å². The Balaban J connectivity index is 2.27. The van der Waals surface area contributed by atoms with Crippen LogP contribution in [-0.4, -0.2) is 38.0 Å². The summed E-state index contributed by atoms with van der Waals surface area (Å²) in [5, 5.41) is 2.40. The second-order valence-corrected chi connectivity index (χ2v) is 6.99. The maximum Gasteiger partial charge on any atom is 0.419 e. The maximum atomic E-state index is 14.6. The monoisotopic (exact) mass is 422 g/mol. The van der Waals surface area contributed by atoms with Gasteiger partial charge >= 0.3 is 12.1 Å². The van der Waals surface area contributed by atoms with E-state index in [0.29, 0.717) is 4.90 Å². The molecule has 29 heavy (non-hydrogen) atoms. The first-order valence-corrected chi connectivity index (χ1v) is 8.57. The van der Waals surface area contributed by atoms with Gasteiger partial charge in [0, 0.05) is 18.5 Å². The van der Waals surface area contributed by atoms with E-state index in [2.05, 4.69) is 10.1 Å². The zero-order valence-electron chi connectivity index (χ0n) is 15.9. The first-order chi connectivity index (χ1) is 13.3. The molecule has 0 bridgehead atoms. The number of nitrogens with zero attached hydrogens (tertiary/aromatic N) is 1. The minimum atomic E-state index is -5.15. The number of carbonyl (C=O) groups excluding carboxylic acids is 3. The number of ether oxygens (including phenoxy) is 1. The molecule has 1 aromatic rings. The molecule has 160 valence electrons. The summed E-state index contributed by atoms with van der Waals surface area (Å²) in [5.41, 5.74) is -5.04. The molecule has 2 amide bonds. The number of hydrogen-bond acceptors (Lipinski definition) is 4. The Morgan fingerprint density at radius 2 is 1.86 bits per heavy atom. The third-order valence-electron chi connectivity index (χ3n) is 4.58. The van der Waals surface area contributed by atoms with Crippen LogP contribution in [0.5, 0.6) is 0 Å². The lowest BCUT2D eigenvalue weighted by Gasteiger charge is -2.20. The Hall–Kier alpha value is -2.72. The van der Waals surface area contributed by atoms with Crippen LogP contribution < -0.4 is 10.2 Å². The van der Waals surface area contributed by atoms with Gasteiger partial charge in [-0.1, -0.05) is 0 Å². The molecule has 0 fully saturated rings. The van der Waals surface area contributed by atoms with Crippen LogP contribution in [0, 0.1) is 11.6 Å². The quantitative estimate of drug-likeness (QED) is 0.435. The molecule has 1 aromatic carbocycles. The number of anilines is 1. The van der Waals surface area contributed by atoms with E-state index in [-0.39, 0.29) is 25.5 Å². The summed E-state index contributed by atoms with van der Waals surface area (Å²) in [6.07, 6.45) is -4.87. The standard InChI is InChI=1S/C18H19F5N2O4/c1-17(2)13-14(20)9(18(21,22)23)7-10(19)15(13)25(16(17)28)8-11(26)24-6-4-5-12(27)29-3/h7H,4-6,8H2,1-3H3,(H,24,26). The molecule has 1 aliphatic rings. The van der Waals surface area contributed by atoms with E-state index >= 15 is 0 Å². The lowest BCUT2D eigenvalue weighted by Crippen LogP contribution is -2.43. The van der Waals surface area contributed by atoms with Gasteiger partial charge in [0.2, 0.25) is 11.8 Å². The number of carbonyl (C=O) groups is 3. The molecule has 0 atom stereocenters. The molecule has 0 spiro atoms. The largest absolute Gasteiger partial charge is 0.469 e. The van der Waals surface area contributed by atoms with E-state index in [0.717, 1.165) is 13.8 Å². The number of nitrogens with one attached hydrogen (secondary N) is 1. The Morgan fingerprint density at radius 3 is 2.41 bits per heavy atom. The van der Waals surface area contributed by atoms with Gasteiger partial charge in [0.25, 0.3) is 0 Å². The molecule has 2 rings (SSSR count). The first kappa shape index (κ1) is 22.6. The first-order valence-electron chi connectivity index (χ1n) is 8.57. The number of methoxy groups -OCH3 is 1. The van der Waals surface area contributed by atoms with Gasteiger partial charge in [-0.05, 0) is 26.3 Å². The van der Waals surface area contributed by atoms with Crippen molar-refractivity contribution >= 4 is 23.5 Å². The van der Waals surface area contributed by atoms with Gasteiger partial charge in [-0.3, -0.25) is 19.3 Å². The van der Waals surface area contributed by atoms with Crippen molar-refractivity contribution in [2.24, 2.45) is 0 Å². The molecular formula is C18H19F5N2O4. The second-order valence-electron chi connectivity index (χ2n) is 6.99. The summed E-state index contributed by atoms with van der Waals surface area (Å²) in [7, 11) is 1.21. The van der Waals surface area contributed by atoms with Crippen LogP contribution in [0.15, 0.2) is 6.07 Å². The van der Waals surface area contributed by atoms with E-state index in [4.69, 9.17) is 0 Å². The lowest BCUT2D eigenvalue weighted by molar-refractivity contribution is -0.141. The van der Waals surface area contributed by atoms with Gasteiger partial charge in [0.15, 0.2) is 0 Å². The highest BCUT2D eigenvalue weighted by Crippen LogP contribution is 2.47. The minimum Gasteiger partial charge on any atom is -0.469 e. The summed E-state index contributed by atoms with van der Waals surface area (Å²) in [5.74, 6) is -5.33. The van der Waals surface area contributed by atoms with Crippen molar-refractivity contribution in [1.29, 1.82) is 0 Å². The van der Waals surface area contributed by atoms with Crippen molar-refractivity contribution in [3.8, 4) is 0 Å². The molecule has 11 heteroatoms. The van der Waals surface area contributed by atoms with Crippen LogP contribution in [0.3, 0.4) is 0 Å². The van der Waals surface area contributed by atoms with Crippen molar-refractivity contribution in [1.82, 2.24) is 5.32 Å². The van der Waals surface area contributed by atoms with E-state index < -0.39 is 64.4 Å². The zero-order valence-corrected chi connectivity index (χ0v) is 15.9. The maximum absolute atomic E-state index is 14.6. The number of amides is 2. The highest BCUT2D eigenvalue weighted by atomic mass is 19.4. The predicted octanol–water partition coefficient (Wildman–Crippen LogP) is 2.68.